The first-order chi connectivity index (χ1) is 14.6. The van der Waals surface area contributed by atoms with Gasteiger partial charge in [0.2, 0.25) is 5.43 Å². The van der Waals surface area contributed by atoms with E-state index >= 15 is 0 Å². The highest BCUT2D eigenvalue weighted by molar-refractivity contribution is 6.00. The molecule has 0 fully saturated rings. The maximum atomic E-state index is 12.9. The number of hydrogen-bond acceptors (Lipinski definition) is 4. The minimum absolute atomic E-state index is 0.107. The quantitative estimate of drug-likeness (QED) is 0.588. The topological polar surface area (TPSA) is 102 Å². The lowest BCUT2D eigenvalue weighted by molar-refractivity contribution is 0.0994. The Morgan fingerprint density at radius 1 is 0.938 bits per heavy atom. The molecule has 32 heavy (non-hydrogen) atoms. The number of phenolic OH excluding ortho intramolecular Hbond substituents is 1. The van der Waals surface area contributed by atoms with Gasteiger partial charge in [-0.2, -0.15) is 0 Å². The second-order valence-corrected chi connectivity index (χ2v) is 10.3. The van der Waals surface area contributed by atoms with Gasteiger partial charge in [0.1, 0.15) is 11.3 Å². The Morgan fingerprint density at radius 2 is 1.53 bits per heavy atom. The van der Waals surface area contributed by atoms with Crippen LogP contribution in [0.3, 0.4) is 0 Å². The Hall–Kier alpha value is -3.41. The van der Waals surface area contributed by atoms with Crippen molar-refractivity contribution in [1.29, 1.82) is 0 Å². The Morgan fingerprint density at radius 3 is 2.03 bits per heavy atom. The summed E-state index contributed by atoms with van der Waals surface area (Å²) in [5.74, 6) is -0.878. The fourth-order valence-corrected chi connectivity index (χ4v) is 3.90. The standard InChI is InChI=1S/C26H30N2O4/c1-14(29)15-8-9-16-20(10-15)28(13-17(23(16)31)24(27)32)21-12-22(30)19(26(5,6)7)11-18(21)25(2,3)4/h8-13,30H,1-7H3,(H2,27,32). The Balaban J connectivity index is 2.56. The Kier molecular flexibility index (Phi) is 5.54. The van der Waals surface area contributed by atoms with Crippen LogP contribution in [0.5, 0.6) is 5.75 Å². The summed E-state index contributed by atoms with van der Waals surface area (Å²) < 4.78 is 1.68. The predicted molar refractivity (Wildman–Crippen MR) is 127 cm³/mol. The van der Waals surface area contributed by atoms with Crippen molar-refractivity contribution in [2.75, 3.05) is 0 Å². The average Bonchev–Trinajstić information content (AvgIpc) is 2.65. The van der Waals surface area contributed by atoms with E-state index in [4.69, 9.17) is 5.73 Å². The number of phenols is 1. The van der Waals surface area contributed by atoms with Gasteiger partial charge in [-0.3, -0.25) is 14.4 Å². The van der Waals surface area contributed by atoms with Crippen molar-refractivity contribution in [3.63, 3.8) is 0 Å². The molecule has 0 atom stereocenters. The van der Waals surface area contributed by atoms with E-state index in [1.54, 1.807) is 22.8 Å². The first-order valence-electron chi connectivity index (χ1n) is 10.5. The summed E-state index contributed by atoms with van der Waals surface area (Å²) in [6, 6.07) is 8.35. The first-order valence-corrected chi connectivity index (χ1v) is 10.5. The molecule has 0 aliphatic rings. The summed E-state index contributed by atoms with van der Waals surface area (Å²) in [6.07, 6.45) is 1.40. The summed E-state index contributed by atoms with van der Waals surface area (Å²) in [5, 5.41) is 11.2. The normalized spacial score (nSPS) is 12.2. The molecule has 3 N–H and O–H groups in total. The summed E-state index contributed by atoms with van der Waals surface area (Å²) in [5.41, 5.74) is 7.43. The number of Topliss-reactive ketones (excluding diaryl/α,β-unsaturated/α-hetero) is 1. The zero-order valence-electron chi connectivity index (χ0n) is 19.7. The van der Waals surface area contributed by atoms with Crippen LogP contribution in [-0.2, 0) is 10.8 Å². The maximum absolute atomic E-state index is 12.9. The van der Waals surface area contributed by atoms with Crippen LogP contribution >= 0.6 is 0 Å². The van der Waals surface area contributed by atoms with Gasteiger partial charge in [0.05, 0.1) is 11.2 Å². The van der Waals surface area contributed by atoms with E-state index in [0.717, 1.165) is 11.1 Å². The number of carbonyl (C=O) groups excluding carboxylic acids is 2. The van der Waals surface area contributed by atoms with Gasteiger partial charge >= 0.3 is 0 Å². The number of ketones is 1. The fraction of sp³-hybridized carbons (Fsp3) is 0.346. The monoisotopic (exact) mass is 434 g/mol. The van der Waals surface area contributed by atoms with Crippen molar-refractivity contribution < 1.29 is 14.7 Å². The second-order valence-electron chi connectivity index (χ2n) is 10.3. The summed E-state index contributed by atoms with van der Waals surface area (Å²) in [4.78, 5) is 37.0. The molecule has 6 nitrogen and oxygen atoms in total. The number of amides is 1. The SMILES string of the molecule is CC(=O)c1ccc2c(=O)c(C(N)=O)cn(-c3cc(O)c(C(C)(C)C)cc3C(C)(C)C)c2c1. The van der Waals surface area contributed by atoms with E-state index in [1.165, 1.54) is 19.2 Å². The van der Waals surface area contributed by atoms with Crippen molar-refractivity contribution in [1.82, 2.24) is 4.57 Å². The van der Waals surface area contributed by atoms with Crippen molar-refractivity contribution in [3.05, 3.63) is 69.0 Å². The van der Waals surface area contributed by atoms with Crippen LogP contribution < -0.4 is 11.2 Å². The molecule has 1 heterocycles. The van der Waals surface area contributed by atoms with Crippen molar-refractivity contribution >= 4 is 22.6 Å². The number of fused-ring (bicyclic) bond motifs is 1. The molecule has 6 heteroatoms. The first kappa shape index (κ1) is 23.3. The van der Waals surface area contributed by atoms with Crippen LogP contribution in [0.4, 0.5) is 0 Å². The Labute approximate surface area is 187 Å². The van der Waals surface area contributed by atoms with Gasteiger partial charge < -0.3 is 15.4 Å². The molecule has 0 bridgehead atoms. The van der Waals surface area contributed by atoms with Crippen LogP contribution in [0, 0.1) is 0 Å². The van der Waals surface area contributed by atoms with Crippen LogP contribution in [0.25, 0.3) is 16.6 Å². The molecule has 0 saturated carbocycles. The van der Waals surface area contributed by atoms with Crippen molar-refractivity contribution in [2.45, 2.75) is 59.3 Å². The number of nitrogens with zero attached hydrogens (tertiary/aromatic N) is 1. The molecule has 0 aliphatic heterocycles. The summed E-state index contributed by atoms with van der Waals surface area (Å²) >= 11 is 0. The highest BCUT2D eigenvalue weighted by Crippen LogP contribution is 2.39. The predicted octanol–water partition coefficient (Wildman–Crippen LogP) is 4.59. The van der Waals surface area contributed by atoms with Gasteiger partial charge in [0.15, 0.2) is 5.78 Å². The number of primary amides is 1. The number of benzene rings is 2. The highest BCUT2D eigenvalue weighted by Gasteiger charge is 2.27. The number of carbonyl (C=O) groups is 2. The van der Waals surface area contributed by atoms with Crippen molar-refractivity contribution in [2.24, 2.45) is 5.73 Å². The van der Waals surface area contributed by atoms with E-state index in [-0.39, 0.29) is 33.3 Å². The van der Waals surface area contributed by atoms with E-state index < -0.39 is 11.3 Å². The fourth-order valence-electron chi connectivity index (χ4n) is 3.90. The van der Waals surface area contributed by atoms with Crippen LogP contribution in [-0.4, -0.2) is 21.4 Å². The summed E-state index contributed by atoms with van der Waals surface area (Å²) in [6.45, 7) is 13.7. The smallest absolute Gasteiger partial charge is 0.254 e. The molecule has 0 radical (unpaired) electrons. The molecular formula is C26H30N2O4. The molecule has 3 aromatic rings. The number of rotatable bonds is 3. The number of aromatic nitrogens is 1. The highest BCUT2D eigenvalue weighted by atomic mass is 16.3. The average molecular weight is 435 g/mol. The van der Waals surface area contributed by atoms with E-state index in [9.17, 15) is 19.5 Å². The van der Waals surface area contributed by atoms with Crippen LogP contribution in [0.1, 0.15) is 80.3 Å². The van der Waals surface area contributed by atoms with Gasteiger partial charge in [-0.05, 0) is 47.1 Å². The van der Waals surface area contributed by atoms with Crippen LogP contribution in [0.2, 0.25) is 0 Å². The number of aromatic hydroxyl groups is 1. The zero-order chi connectivity index (χ0) is 24.2. The molecule has 0 unspecified atom stereocenters. The lowest BCUT2D eigenvalue weighted by Crippen LogP contribution is -2.25. The third-order valence-electron chi connectivity index (χ3n) is 5.67. The van der Waals surface area contributed by atoms with E-state index in [0.29, 0.717) is 16.8 Å². The molecule has 168 valence electrons. The van der Waals surface area contributed by atoms with Gasteiger partial charge in [-0.15, -0.1) is 0 Å². The minimum Gasteiger partial charge on any atom is -0.508 e. The van der Waals surface area contributed by atoms with E-state index in [2.05, 4.69) is 20.8 Å². The minimum atomic E-state index is -0.839. The largest absolute Gasteiger partial charge is 0.508 e. The molecule has 0 aliphatic carbocycles. The van der Waals surface area contributed by atoms with Crippen LogP contribution in [0.15, 0.2) is 41.3 Å². The van der Waals surface area contributed by atoms with Gasteiger partial charge in [-0.25, -0.2) is 0 Å². The molecule has 0 spiro atoms. The molecule has 1 amide bonds. The van der Waals surface area contributed by atoms with Gasteiger partial charge in [0, 0.05) is 23.2 Å². The second kappa shape index (κ2) is 7.62. The van der Waals surface area contributed by atoms with Gasteiger partial charge in [-0.1, -0.05) is 47.6 Å². The van der Waals surface area contributed by atoms with Crippen molar-refractivity contribution in [3.8, 4) is 11.4 Å². The van der Waals surface area contributed by atoms with E-state index in [1.807, 2.05) is 26.8 Å². The number of hydrogen-bond donors (Lipinski definition) is 2. The molecule has 0 saturated heterocycles. The zero-order valence-corrected chi connectivity index (χ0v) is 19.7. The lowest BCUT2D eigenvalue weighted by atomic mass is 9.79. The number of pyridine rings is 1. The molecule has 2 aromatic carbocycles. The maximum Gasteiger partial charge on any atom is 0.254 e. The number of nitrogens with two attached hydrogens (primary N) is 1. The third kappa shape index (κ3) is 4.05. The summed E-state index contributed by atoms with van der Waals surface area (Å²) in [7, 11) is 0. The van der Waals surface area contributed by atoms with Gasteiger partial charge in [0.25, 0.3) is 5.91 Å². The lowest BCUT2D eigenvalue weighted by Gasteiger charge is -2.29. The molecule has 1 aromatic heterocycles. The Bertz CT molecular complexity index is 1320. The third-order valence-corrected chi connectivity index (χ3v) is 5.67. The molecular weight excluding hydrogens is 404 g/mol. The molecule has 3 rings (SSSR count).